The number of anilines is 1. The molecule has 2 nitrogen and oxygen atoms in total. The van der Waals surface area contributed by atoms with Gasteiger partial charge in [-0.1, -0.05) is 26.0 Å². The average molecular weight is 225 g/mol. The third kappa shape index (κ3) is 4.98. The van der Waals surface area contributed by atoms with Crippen molar-refractivity contribution in [2.45, 2.75) is 26.0 Å². The van der Waals surface area contributed by atoms with Crippen LogP contribution in [-0.4, -0.2) is 9.96 Å². The number of nitrogens with two attached hydrogens (primary N) is 1. The van der Waals surface area contributed by atoms with Crippen molar-refractivity contribution in [3.05, 3.63) is 29.8 Å². The van der Waals surface area contributed by atoms with Gasteiger partial charge in [-0.05, 0) is 30.0 Å². The van der Waals surface area contributed by atoms with E-state index in [1.807, 2.05) is 24.3 Å². The van der Waals surface area contributed by atoms with E-state index >= 15 is 0 Å². The zero-order valence-electron chi connectivity index (χ0n) is 9.40. The van der Waals surface area contributed by atoms with Gasteiger partial charge >= 0.3 is 0 Å². The first kappa shape index (κ1) is 12.2. The quantitative estimate of drug-likeness (QED) is 0.783. The smallest absolute Gasteiger partial charge is 0.0486 e. The molecule has 2 N–H and O–H groups in total. The van der Waals surface area contributed by atoms with Crippen molar-refractivity contribution in [1.82, 2.24) is 0 Å². The maximum absolute atomic E-state index is 11.7. The largest absolute Gasteiger partial charge is 0.399 e. The Labute approximate surface area is 94.3 Å². The minimum atomic E-state index is -0.755. The van der Waals surface area contributed by atoms with Crippen LogP contribution in [-0.2, 0) is 16.6 Å². The zero-order chi connectivity index (χ0) is 11.3. The molecule has 1 aromatic rings. The summed E-state index contributed by atoms with van der Waals surface area (Å²) < 4.78 is 11.7. The Kier molecular flexibility index (Phi) is 4.82. The molecule has 84 valence electrons. The second kappa shape index (κ2) is 5.91. The lowest BCUT2D eigenvalue weighted by molar-refractivity contribution is 0.619. The Morgan fingerprint density at radius 2 is 2.13 bits per heavy atom. The molecule has 15 heavy (non-hydrogen) atoms. The highest BCUT2D eigenvalue weighted by Gasteiger charge is 2.03. The Bertz CT molecular complexity index is 336. The van der Waals surface area contributed by atoms with E-state index in [2.05, 4.69) is 13.8 Å². The summed E-state index contributed by atoms with van der Waals surface area (Å²) in [6.07, 6.45) is 1.02. The Balaban J connectivity index is 2.44. The Morgan fingerprint density at radius 1 is 1.40 bits per heavy atom. The number of hydrogen-bond acceptors (Lipinski definition) is 2. The van der Waals surface area contributed by atoms with Crippen molar-refractivity contribution in [3.63, 3.8) is 0 Å². The Morgan fingerprint density at radius 3 is 2.73 bits per heavy atom. The maximum atomic E-state index is 11.7. The number of nitrogen functional groups attached to an aromatic ring is 1. The number of rotatable bonds is 5. The van der Waals surface area contributed by atoms with E-state index in [1.165, 1.54) is 0 Å². The molecule has 0 amide bonds. The molecule has 1 unspecified atom stereocenters. The molecule has 0 aliphatic carbocycles. The number of benzene rings is 1. The van der Waals surface area contributed by atoms with E-state index in [0.717, 1.165) is 23.4 Å². The predicted molar refractivity (Wildman–Crippen MR) is 67.0 cm³/mol. The molecule has 1 aromatic carbocycles. The van der Waals surface area contributed by atoms with Gasteiger partial charge in [0.2, 0.25) is 0 Å². The molecule has 0 saturated carbocycles. The lowest BCUT2D eigenvalue weighted by Gasteiger charge is -2.05. The van der Waals surface area contributed by atoms with Crippen LogP contribution in [0, 0.1) is 5.92 Å². The maximum Gasteiger partial charge on any atom is 0.0486 e. The summed E-state index contributed by atoms with van der Waals surface area (Å²) in [6.45, 7) is 4.30. The second-order valence-electron chi connectivity index (χ2n) is 4.22. The summed E-state index contributed by atoms with van der Waals surface area (Å²) >= 11 is 0. The van der Waals surface area contributed by atoms with Crippen LogP contribution in [0.2, 0.25) is 0 Å². The summed E-state index contributed by atoms with van der Waals surface area (Å²) in [5.41, 5.74) is 7.47. The normalized spacial score (nSPS) is 13.0. The summed E-state index contributed by atoms with van der Waals surface area (Å²) in [7, 11) is -0.755. The fourth-order valence-corrected chi connectivity index (χ4v) is 2.74. The first-order valence-electron chi connectivity index (χ1n) is 5.27. The van der Waals surface area contributed by atoms with Crippen LogP contribution < -0.4 is 5.73 Å². The summed E-state index contributed by atoms with van der Waals surface area (Å²) in [5.74, 6) is 2.03. The van der Waals surface area contributed by atoms with Gasteiger partial charge in [-0.25, -0.2) is 0 Å². The first-order chi connectivity index (χ1) is 7.08. The third-order valence-corrected chi connectivity index (χ3v) is 3.55. The topological polar surface area (TPSA) is 43.1 Å². The molecule has 0 aliphatic rings. The zero-order valence-corrected chi connectivity index (χ0v) is 10.2. The SMILES string of the molecule is CC(C)CCS(=O)Cc1cccc(N)c1. The molecule has 1 rings (SSSR count). The predicted octanol–water partition coefficient (Wildman–Crippen LogP) is 2.56. The van der Waals surface area contributed by atoms with Gasteiger partial charge in [0, 0.05) is 28.0 Å². The molecule has 0 saturated heterocycles. The lowest BCUT2D eigenvalue weighted by atomic mass is 10.2. The van der Waals surface area contributed by atoms with E-state index in [9.17, 15) is 4.21 Å². The fourth-order valence-electron chi connectivity index (χ4n) is 1.31. The second-order valence-corrected chi connectivity index (χ2v) is 5.79. The molecular weight excluding hydrogens is 206 g/mol. The van der Waals surface area contributed by atoms with Crippen LogP contribution in [0.1, 0.15) is 25.8 Å². The minimum absolute atomic E-state index is 0.620. The average Bonchev–Trinajstić information content (AvgIpc) is 2.15. The highest BCUT2D eigenvalue weighted by Crippen LogP contribution is 2.10. The van der Waals surface area contributed by atoms with Crippen molar-refractivity contribution >= 4 is 16.5 Å². The summed E-state index contributed by atoms with van der Waals surface area (Å²) in [6, 6.07) is 7.63. The summed E-state index contributed by atoms with van der Waals surface area (Å²) in [5, 5.41) is 0. The van der Waals surface area contributed by atoms with Gasteiger partial charge in [0.05, 0.1) is 0 Å². The first-order valence-corrected chi connectivity index (χ1v) is 6.76. The van der Waals surface area contributed by atoms with Gasteiger partial charge in [-0.2, -0.15) is 0 Å². The fraction of sp³-hybridized carbons (Fsp3) is 0.500. The molecule has 0 fully saturated rings. The Hall–Kier alpha value is -0.830. The number of hydrogen-bond donors (Lipinski definition) is 1. The summed E-state index contributed by atoms with van der Waals surface area (Å²) in [4.78, 5) is 0. The van der Waals surface area contributed by atoms with Crippen LogP contribution in [0.25, 0.3) is 0 Å². The minimum Gasteiger partial charge on any atom is -0.399 e. The van der Waals surface area contributed by atoms with Crippen molar-refractivity contribution < 1.29 is 4.21 Å². The van der Waals surface area contributed by atoms with Crippen LogP contribution in [0.15, 0.2) is 24.3 Å². The van der Waals surface area contributed by atoms with Crippen LogP contribution in [0.3, 0.4) is 0 Å². The van der Waals surface area contributed by atoms with Gasteiger partial charge in [0.15, 0.2) is 0 Å². The molecule has 0 spiro atoms. The molecule has 0 radical (unpaired) electrons. The van der Waals surface area contributed by atoms with Crippen molar-refractivity contribution in [2.75, 3.05) is 11.5 Å². The molecule has 3 heteroatoms. The monoisotopic (exact) mass is 225 g/mol. The highest BCUT2D eigenvalue weighted by atomic mass is 32.2. The molecular formula is C12H19NOS. The standard InChI is InChI=1S/C12H19NOS/c1-10(2)6-7-15(14)9-11-4-3-5-12(13)8-11/h3-5,8,10H,6-7,9,13H2,1-2H3. The van der Waals surface area contributed by atoms with Crippen LogP contribution in [0.4, 0.5) is 5.69 Å². The van der Waals surface area contributed by atoms with Gasteiger partial charge in [-0.3, -0.25) is 4.21 Å². The van der Waals surface area contributed by atoms with E-state index in [1.54, 1.807) is 0 Å². The lowest BCUT2D eigenvalue weighted by Crippen LogP contribution is -2.04. The van der Waals surface area contributed by atoms with E-state index in [-0.39, 0.29) is 0 Å². The van der Waals surface area contributed by atoms with E-state index < -0.39 is 10.8 Å². The molecule has 0 heterocycles. The molecule has 0 aliphatic heterocycles. The molecule has 0 bridgehead atoms. The third-order valence-electron chi connectivity index (χ3n) is 2.20. The van der Waals surface area contributed by atoms with Crippen LogP contribution in [0.5, 0.6) is 0 Å². The molecule has 0 aromatic heterocycles. The molecule has 1 atom stereocenters. The van der Waals surface area contributed by atoms with Gasteiger partial charge < -0.3 is 5.73 Å². The van der Waals surface area contributed by atoms with Gasteiger partial charge in [-0.15, -0.1) is 0 Å². The highest BCUT2D eigenvalue weighted by molar-refractivity contribution is 7.84. The van der Waals surface area contributed by atoms with E-state index in [0.29, 0.717) is 11.7 Å². The van der Waals surface area contributed by atoms with Gasteiger partial charge in [0.25, 0.3) is 0 Å². The van der Waals surface area contributed by atoms with E-state index in [4.69, 9.17) is 5.73 Å². The van der Waals surface area contributed by atoms with Crippen molar-refractivity contribution in [2.24, 2.45) is 5.92 Å². The van der Waals surface area contributed by atoms with Gasteiger partial charge in [0.1, 0.15) is 0 Å². The van der Waals surface area contributed by atoms with Crippen molar-refractivity contribution in [3.8, 4) is 0 Å². The van der Waals surface area contributed by atoms with Crippen LogP contribution >= 0.6 is 0 Å². The van der Waals surface area contributed by atoms with Crippen molar-refractivity contribution in [1.29, 1.82) is 0 Å².